The number of imide groups is 2. The Morgan fingerprint density at radius 2 is 1.14 bits per heavy atom. The summed E-state index contributed by atoms with van der Waals surface area (Å²) in [6, 6.07) is 3.30. The molecule has 2 aromatic carbocycles. The van der Waals surface area contributed by atoms with Gasteiger partial charge in [0.15, 0.2) is 0 Å². The van der Waals surface area contributed by atoms with Crippen LogP contribution in [0.3, 0.4) is 0 Å². The summed E-state index contributed by atoms with van der Waals surface area (Å²) in [6.07, 6.45) is 9.44. The number of nitrogens with zero attached hydrogens (tertiary/aromatic N) is 2. The zero-order valence-corrected chi connectivity index (χ0v) is 27.4. The summed E-state index contributed by atoms with van der Waals surface area (Å²) in [5.41, 5.74) is 1.25. The van der Waals surface area contributed by atoms with E-state index in [0.717, 1.165) is 64.2 Å². The monoisotopic (exact) mass is 640 g/mol. The van der Waals surface area contributed by atoms with Gasteiger partial charge in [-0.15, -0.1) is 0 Å². The zero-order chi connectivity index (χ0) is 30.6. The number of ether oxygens (including phenoxy) is 1. The highest BCUT2D eigenvalue weighted by atomic mass is 79.9. The summed E-state index contributed by atoms with van der Waals surface area (Å²) in [7, 11) is 0. The zero-order valence-electron chi connectivity index (χ0n) is 25.8. The minimum atomic E-state index is -0.415. The first-order valence-electron chi connectivity index (χ1n) is 15.9. The van der Waals surface area contributed by atoms with Gasteiger partial charge in [0, 0.05) is 33.9 Å². The molecule has 2 heterocycles. The molecule has 2 aliphatic heterocycles. The fourth-order valence-electron chi connectivity index (χ4n) is 6.20. The lowest BCUT2D eigenvalue weighted by molar-refractivity contribution is 0.0556. The molecule has 2 aromatic rings. The smallest absolute Gasteiger partial charge is 0.265 e. The van der Waals surface area contributed by atoms with E-state index in [-0.39, 0.29) is 29.2 Å². The van der Waals surface area contributed by atoms with Crippen molar-refractivity contribution in [1.29, 1.82) is 0 Å². The maximum atomic E-state index is 14.2. The lowest BCUT2D eigenvalue weighted by atomic mass is 9.84. The third kappa shape index (κ3) is 6.01. The van der Waals surface area contributed by atoms with Gasteiger partial charge < -0.3 is 4.74 Å². The van der Waals surface area contributed by atoms with Crippen molar-refractivity contribution in [3.05, 3.63) is 38.9 Å². The molecule has 0 fully saturated rings. The fourth-order valence-corrected chi connectivity index (χ4v) is 6.80. The van der Waals surface area contributed by atoms with Crippen molar-refractivity contribution in [2.24, 2.45) is 11.8 Å². The Balaban J connectivity index is 1.89. The quantitative estimate of drug-likeness (QED) is 0.136. The maximum absolute atomic E-state index is 14.2. The summed E-state index contributed by atoms with van der Waals surface area (Å²) in [6.45, 7) is 11.5. The molecule has 0 saturated heterocycles. The Bertz CT molecular complexity index is 1370. The van der Waals surface area contributed by atoms with E-state index in [2.05, 4.69) is 50.5 Å². The van der Waals surface area contributed by atoms with Gasteiger partial charge in [-0.25, -0.2) is 0 Å². The minimum Gasteiger partial charge on any atom is -0.493 e. The number of carbonyl (C=O) groups excluding carboxylic acids is 4. The lowest BCUT2D eigenvalue weighted by Gasteiger charge is -2.35. The first-order chi connectivity index (χ1) is 20.2. The van der Waals surface area contributed by atoms with Crippen molar-refractivity contribution in [3.8, 4) is 5.75 Å². The van der Waals surface area contributed by atoms with E-state index in [9.17, 15) is 19.2 Å². The number of halogens is 1. The van der Waals surface area contributed by atoms with Gasteiger partial charge >= 0.3 is 0 Å². The van der Waals surface area contributed by atoms with Gasteiger partial charge in [0.1, 0.15) is 5.75 Å². The van der Waals surface area contributed by atoms with Crippen molar-refractivity contribution >= 4 is 50.3 Å². The van der Waals surface area contributed by atoms with Gasteiger partial charge in [-0.3, -0.25) is 29.0 Å². The van der Waals surface area contributed by atoms with Crippen molar-refractivity contribution in [2.45, 2.75) is 98.8 Å². The second-order valence-corrected chi connectivity index (χ2v) is 12.7. The molecular weight excluding hydrogens is 596 g/mol. The van der Waals surface area contributed by atoms with E-state index in [1.807, 2.05) is 0 Å². The summed E-state index contributed by atoms with van der Waals surface area (Å²) >= 11 is 3.58. The molecule has 0 saturated carbocycles. The number of carbonyl (C=O) groups is 4. The van der Waals surface area contributed by atoms with E-state index < -0.39 is 11.8 Å². The fraction of sp³-hybridized carbons (Fsp3) is 0.588. The highest BCUT2D eigenvalue weighted by Crippen LogP contribution is 2.45. The highest BCUT2D eigenvalue weighted by Gasteiger charge is 2.43. The summed E-state index contributed by atoms with van der Waals surface area (Å²) in [5, 5.41) is 0.744. The third-order valence-corrected chi connectivity index (χ3v) is 9.54. The molecule has 42 heavy (non-hydrogen) atoms. The van der Waals surface area contributed by atoms with Crippen LogP contribution in [0.1, 0.15) is 140 Å². The van der Waals surface area contributed by atoms with Crippen molar-refractivity contribution in [2.75, 3.05) is 19.7 Å². The number of benzene rings is 2. The molecular formula is C34H45BrN2O5. The Hall–Kier alpha value is -2.74. The van der Waals surface area contributed by atoms with Gasteiger partial charge in [-0.05, 0) is 59.2 Å². The van der Waals surface area contributed by atoms with Gasteiger partial charge in [-0.2, -0.15) is 0 Å². The van der Waals surface area contributed by atoms with Crippen LogP contribution in [0.5, 0.6) is 5.75 Å². The van der Waals surface area contributed by atoms with Crippen LogP contribution in [0.15, 0.2) is 16.6 Å². The van der Waals surface area contributed by atoms with Crippen LogP contribution >= 0.6 is 15.9 Å². The summed E-state index contributed by atoms with van der Waals surface area (Å²) < 4.78 is 6.65. The van der Waals surface area contributed by atoms with Crippen molar-refractivity contribution in [1.82, 2.24) is 9.80 Å². The second kappa shape index (κ2) is 14.2. The van der Waals surface area contributed by atoms with Crippen LogP contribution in [0, 0.1) is 11.8 Å². The van der Waals surface area contributed by atoms with Gasteiger partial charge in [0.25, 0.3) is 23.6 Å². The second-order valence-electron chi connectivity index (χ2n) is 11.8. The number of rotatable bonds is 16. The van der Waals surface area contributed by atoms with Gasteiger partial charge in [-0.1, -0.05) is 79.6 Å². The van der Waals surface area contributed by atoms with Crippen LogP contribution in [0.4, 0.5) is 0 Å². The molecule has 8 heteroatoms. The average Bonchev–Trinajstić information content (AvgIpc) is 2.98. The molecule has 0 aromatic heterocycles. The Morgan fingerprint density at radius 1 is 0.667 bits per heavy atom. The largest absolute Gasteiger partial charge is 0.493 e. The van der Waals surface area contributed by atoms with Crippen LogP contribution in [-0.2, 0) is 0 Å². The van der Waals surface area contributed by atoms with Crippen LogP contribution in [0.25, 0.3) is 10.8 Å². The molecule has 0 aliphatic carbocycles. The molecule has 0 spiro atoms. The predicted molar refractivity (Wildman–Crippen MR) is 169 cm³/mol. The molecule has 2 aliphatic rings. The van der Waals surface area contributed by atoms with Crippen LogP contribution in [0.2, 0.25) is 0 Å². The minimum absolute atomic E-state index is 0.191. The van der Waals surface area contributed by atoms with E-state index in [1.165, 1.54) is 9.80 Å². The Morgan fingerprint density at radius 3 is 1.64 bits per heavy atom. The number of amides is 4. The number of unbranched alkanes of at least 4 members (excludes halogenated alkanes) is 3. The number of hydrogen-bond donors (Lipinski definition) is 0. The normalized spacial score (nSPS) is 16.0. The molecule has 0 radical (unpaired) electrons. The van der Waals surface area contributed by atoms with E-state index >= 15 is 0 Å². The van der Waals surface area contributed by atoms with E-state index in [1.54, 1.807) is 12.1 Å². The topological polar surface area (TPSA) is 84.0 Å². The molecule has 4 rings (SSSR count). The molecule has 0 bridgehead atoms. The SMILES string of the molecule is CCCCOc1cc2c3c(c(Br)cc4c3c1C(=O)N(CC(CC)CCCC)C4=O)C(=O)N(CC(CC)CCCC)C2=O. The Kier molecular flexibility index (Phi) is 10.8. The predicted octanol–water partition coefficient (Wildman–Crippen LogP) is 8.41. The summed E-state index contributed by atoms with van der Waals surface area (Å²) in [4.78, 5) is 58.8. The van der Waals surface area contributed by atoms with Crippen molar-refractivity contribution < 1.29 is 23.9 Å². The van der Waals surface area contributed by atoms with Crippen LogP contribution in [-0.4, -0.2) is 53.1 Å². The van der Waals surface area contributed by atoms with Gasteiger partial charge in [0.05, 0.1) is 23.3 Å². The highest BCUT2D eigenvalue weighted by molar-refractivity contribution is 9.10. The molecule has 228 valence electrons. The average molecular weight is 642 g/mol. The molecule has 2 unspecified atom stereocenters. The lowest BCUT2D eigenvalue weighted by Crippen LogP contribution is -2.46. The van der Waals surface area contributed by atoms with E-state index in [4.69, 9.17) is 4.74 Å². The first kappa shape index (κ1) is 32.2. The van der Waals surface area contributed by atoms with Crippen molar-refractivity contribution in [3.63, 3.8) is 0 Å². The Labute approximate surface area is 258 Å². The summed E-state index contributed by atoms with van der Waals surface area (Å²) in [5.74, 6) is -0.893. The standard InChI is InChI=1S/C34H45BrN2O5/c1-6-11-14-21(9-4)19-36-32(39)24-18-26(42-16-13-8-3)30-28-23(17-25(35)29(27(24)28)33(36)40)31(38)37(34(30)41)20-22(10-5)15-12-7-2/h17-18,21-22H,6-16,19-20H2,1-5H3. The van der Waals surface area contributed by atoms with Crippen LogP contribution < -0.4 is 4.74 Å². The third-order valence-electron chi connectivity index (χ3n) is 8.91. The maximum Gasteiger partial charge on any atom is 0.265 e. The van der Waals surface area contributed by atoms with Gasteiger partial charge in [0.2, 0.25) is 0 Å². The van der Waals surface area contributed by atoms with E-state index in [0.29, 0.717) is 57.4 Å². The molecule has 4 amide bonds. The number of hydrogen-bond acceptors (Lipinski definition) is 5. The molecule has 0 N–H and O–H groups in total. The molecule has 7 nitrogen and oxygen atoms in total. The molecule has 2 atom stereocenters. The first-order valence-corrected chi connectivity index (χ1v) is 16.7.